The first-order valence-electron chi connectivity index (χ1n) is 5.70. The number of aliphatic hydroxyl groups excluding tert-OH is 1. The number of nitrogens with zero attached hydrogens (tertiary/aromatic N) is 2. The summed E-state index contributed by atoms with van der Waals surface area (Å²) in [6.45, 7) is 2.76. The highest BCUT2D eigenvalue weighted by atomic mass is 16.3. The minimum absolute atomic E-state index is 0.0602. The fourth-order valence-electron chi connectivity index (χ4n) is 1.81. The van der Waals surface area contributed by atoms with Crippen molar-refractivity contribution in [3.8, 4) is 0 Å². The van der Waals surface area contributed by atoms with Crippen LogP contribution in [0.4, 0.5) is 0 Å². The molecule has 1 aliphatic rings. The zero-order valence-electron chi connectivity index (χ0n) is 9.98. The van der Waals surface area contributed by atoms with Crippen molar-refractivity contribution in [2.75, 3.05) is 26.7 Å². The molecule has 1 saturated heterocycles. The van der Waals surface area contributed by atoms with Crippen LogP contribution in [0.25, 0.3) is 0 Å². The lowest BCUT2D eigenvalue weighted by atomic mass is 10.1. The van der Waals surface area contributed by atoms with Gasteiger partial charge in [-0.2, -0.15) is 0 Å². The van der Waals surface area contributed by atoms with E-state index in [1.54, 1.807) is 18.9 Å². The largest absolute Gasteiger partial charge is 0.392 e. The van der Waals surface area contributed by atoms with E-state index < -0.39 is 6.10 Å². The van der Waals surface area contributed by atoms with Crippen molar-refractivity contribution in [3.63, 3.8) is 0 Å². The Hall–Kier alpha value is -1.10. The highest BCUT2D eigenvalue weighted by molar-refractivity contribution is 5.85. The molecule has 1 heterocycles. The standard InChI is InChI=1S/C11H20N2O3/c1-9(14)7-12(2)11(16)8-13-6-4-3-5-10(13)15/h9,14H,3-8H2,1-2H3. The van der Waals surface area contributed by atoms with E-state index in [2.05, 4.69) is 0 Å². The van der Waals surface area contributed by atoms with E-state index >= 15 is 0 Å². The summed E-state index contributed by atoms with van der Waals surface area (Å²) >= 11 is 0. The van der Waals surface area contributed by atoms with Gasteiger partial charge in [0.1, 0.15) is 0 Å². The van der Waals surface area contributed by atoms with Crippen molar-refractivity contribution in [2.24, 2.45) is 0 Å². The third-order valence-electron chi connectivity index (χ3n) is 2.71. The van der Waals surface area contributed by atoms with Crippen LogP contribution in [0, 0.1) is 0 Å². The zero-order valence-corrected chi connectivity index (χ0v) is 9.98. The number of likely N-dealkylation sites (tertiary alicyclic amines) is 1. The van der Waals surface area contributed by atoms with Gasteiger partial charge >= 0.3 is 0 Å². The van der Waals surface area contributed by atoms with Crippen molar-refractivity contribution in [2.45, 2.75) is 32.3 Å². The first kappa shape index (κ1) is 13.0. The summed E-state index contributed by atoms with van der Waals surface area (Å²) in [5.41, 5.74) is 0. The smallest absolute Gasteiger partial charge is 0.242 e. The normalized spacial score (nSPS) is 18.4. The molecule has 16 heavy (non-hydrogen) atoms. The topological polar surface area (TPSA) is 60.9 Å². The molecule has 0 saturated carbocycles. The van der Waals surface area contributed by atoms with Crippen LogP contribution < -0.4 is 0 Å². The minimum Gasteiger partial charge on any atom is -0.392 e. The van der Waals surface area contributed by atoms with E-state index in [1.807, 2.05) is 0 Å². The first-order chi connectivity index (χ1) is 7.50. The fraction of sp³-hybridized carbons (Fsp3) is 0.818. The molecule has 1 atom stereocenters. The molecule has 1 rings (SSSR count). The maximum Gasteiger partial charge on any atom is 0.242 e. The van der Waals surface area contributed by atoms with Gasteiger partial charge in [0.05, 0.1) is 12.6 Å². The molecule has 1 unspecified atom stereocenters. The van der Waals surface area contributed by atoms with Crippen molar-refractivity contribution in [3.05, 3.63) is 0 Å². The van der Waals surface area contributed by atoms with Crippen molar-refractivity contribution >= 4 is 11.8 Å². The lowest BCUT2D eigenvalue weighted by molar-refractivity contribution is -0.141. The molecule has 1 N–H and O–H groups in total. The maximum absolute atomic E-state index is 11.7. The lowest BCUT2D eigenvalue weighted by Gasteiger charge is -2.28. The van der Waals surface area contributed by atoms with E-state index in [1.165, 1.54) is 4.90 Å². The van der Waals surface area contributed by atoms with Gasteiger partial charge in [-0.15, -0.1) is 0 Å². The Morgan fingerprint density at radius 2 is 2.25 bits per heavy atom. The first-order valence-corrected chi connectivity index (χ1v) is 5.70. The molecule has 0 radical (unpaired) electrons. The van der Waals surface area contributed by atoms with Crippen molar-refractivity contribution in [1.29, 1.82) is 0 Å². The predicted molar refractivity (Wildman–Crippen MR) is 59.7 cm³/mol. The van der Waals surface area contributed by atoms with Crippen molar-refractivity contribution in [1.82, 2.24) is 9.80 Å². The molecule has 1 aliphatic heterocycles. The van der Waals surface area contributed by atoms with Gasteiger partial charge in [0.15, 0.2) is 0 Å². The molecule has 0 aromatic heterocycles. The molecular formula is C11H20N2O3. The van der Waals surface area contributed by atoms with Crippen LogP contribution in [0.2, 0.25) is 0 Å². The number of carbonyl (C=O) groups is 2. The van der Waals surface area contributed by atoms with Crippen molar-refractivity contribution < 1.29 is 14.7 Å². The van der Waals surface area contributed by atoms with Crippen LogP contribution in [0.15, 0.2) is 0 Å². The van der Waals surface area contributed by atoms with Gasteiger partial charge in [-0.05, 0) is 19.8 Å². The van der Waals surface area contributed by atoms with Gasteiger partial charge in [0.2, 0.25) is 11.8 Å². The molecule has 2 amide bonds. The molecule has 0 aliphatic carbocycles. The van der Waals surface area contributed by atoms with Crippen LogP contribution >= 0.6 is 0 Å². The number of amides is 2. The van der Waals surface area contributed by atoms with Crippen LogP contribution in [0.3, 0.4) is 0 Å². The fourth-order valence-corrected chi connectivity index (χ4v) is 1.81. The molecule has 0 bridgehead atoms. The summed E-state index contributed by atoms with van der Waals surface area (Å²) < 4.78 is 0. The van der Waals surface area contributed by atoms with E-state index in [0.717, 1.165) is 12.8 Å². The highest BCUT2D eigenvalue weighted by Crippen LogP contribution is 2.10. The zero-order chi connectivity index (χ0) is 12.1. The monoisotopic (exact) mass is 228 g/mol. The molecule has 0 spiro atoms. The lowest BCUT2D eigenvalue weighted by Crippen LogP contribution is -2.44. The average Bonchev–Trinajstić information content (AvgIpc) is 2.20. The predicted octanol–water partition coefficient (Wildman–Crippen LogP) is -0.162. The molecule has 92 valence electrons. The molecule has 0 aromatic carbocycles. The Labute approximate surface area is 96.0 Å². The Bertz CT molecular complexity index is 266. The maximum atomic E-state index is 11.7. The van der Waals surface area contributed by atoms with Crippen LogP contribution in [-0.2, 0) is 9.59 Å². The van der Waals surface area contributed by atoms with Crippen LogP contribution in [-0.4, -0.2) is 59.5 Å². The quantitative estimate of drug-likeness (QED) is 0.727. The summed E-state index contributed by atoms with van der Waals surface area (Å²) in [7, 11) is 1.64. The number of likely N-dealkylation sites (N-methyl/N-ethyl adjacent to an activating group) is 1. The second-order valence-corrected chi connectivity index (χ2v) is 4.40. The number of piperidine rings is 1. The Kier molecular flexibility index (Phi) is 4.73. The number of hydrogen-bond acceptors (Lipinski definition) is 3. The molecule has 1 fully saturated rings. The molecule has 5 nitrogen and oxygen atoms in total. The van der Waals surface area contributed by atoms with Gasteiger partial charge in [-0.25, -0.2) is 0 Å². The van der Waals surface area contributed by atoms with Gasteiger partial charge < -0.3 is 14.9 Å². The summed E-state index contributed by atoms with van der Waals surface area (Å²) in [6, 6.07) is 0. The Balaban J connectivity index is 2.40. The third kappa shape index (κ3) is 3.81. The molecular weight excluding hydrogens is 208 g/mol. The second kappa shape index (κ2) is 5.84. The van der Waals surface area contributed by atoms with E-state index in [0.29, 0.717) is 19.5 Å². The van der Waals surface area contributed by atoms with E-state index in [-0.39, 0.29) is 18.4 Å². The molecule has 0 aromatic rings. The number of rotatable bonds is 4. The number of hydrogen-bond donors (Lipinski definition) is 1. The second-order valence-electron chi connectivity index (χ2n) is 4.40. The van der Waals surface area contributed by atoms with Crippen LogP contribution in [0.1, 0.15) is 26.2 Å². The number of carbonyl (C=O) groups excluding carboxylic acids is 2. The average molecular weight is 228 g/mol. The van der Waals surface area contributed by atoms with Gasteiger partial charge in [-0.3, -0.25) is 9.59 Å². The van der Waals surface area contributed by atoms with Gasteiger partial charge in [-0.1, -0.05) is 0 Å². The summed E-state index contributed by atoms with van der Waals surface area (Å²) in [5.74, 6) is -0.0544. The highest BCUT2D eigenvalue weighted by Gasteiger charge is 2.22. The van der Waals surface area contributed by atoms with E-state index in [4.69, 9.17) is 5.11 Å². The van der Waals surface area contributed by atoms with E-state index in [9.17, 15) is 9.59 Å². The SMILES string of the molecule is CC(O)CN(C)C(=O)CN1CCCCC1=O. The van der Waals surface area contributed by atoms with Gasteiger partial charge in [0, 0.05) is 26.6 Å². The Morgan fingerprint density at radius 1 is 1.56 bits per heavy atom. The Morgan fingerprint density at radius 3 is 2.81 bits per heavy atom. The number of aliphatic hydroxyl groups is 1. The minimum atomic E-state index is -0.536. The third-order valence-corrected chi connectivity index (χ3v) is 2.71. The molecule has 5 heteroatoms. The van der Waals surface area contributed by atoms with Crippen LogP contribution in [0.5, 0.6) is 0 Å². The summed E-state index contributed by atoms with van der Waals surface area (Å²) in [5, 5.41) is 9.16. The van der Waals surface area contributed by atoms with Gasteiger partial charge in [0.25, 0.3) is 0 Å². The summed E-state index contributed by atoms with van der Waals surface area (Å²) in [6.07, 6.45) is 1.91. The summed E-state index contributed by atoms with van der Waals surface area (Å²) in [4.78, 5) is 26.3.